The van der Waals surface area contributed by atoms with Gasteiger partial charge in [0.25, 0.3) is 0 Å². The fourth-order valence-corrected chi connectivity index (χ4v) is 4.91. The molecular weight excluding hydrogens is 355 g/mol. The first kappa shape index (κ1) is 18.5. The van der Waals surface area contributed by atoms with Gasteiger partial charge in [0.1, 0.15) is 11.9 Å². The minimum atomic E-state index is -3.86. The van der Waals surface area contributed by atoms with Gasteiger partial charge >= 0.3 is 0 Å². The molecule has 5 nitrogen and oxygen atoms in total. The fourth-order valence-electron chi connectivity index (χ4n) is 3.25. The maximum absolute atomic E-state index is 13.1. The number of anilines is 1. The first-order valence-electron chi connectivity index (χ1n) is 8.45. The summed E-state index contributed by atoms with van der Waals surface area (Å²) in [4.78, 5) is 12.8. The van der Waals surface area contributed by atoms with Gasteiger partial charge in [0, 0.05) is 12.2 Å². The highest BCUT2D eigenvalue weighted by Gasteiger charge is 2.39. The maximum Gasteiger partial charge on any atom is 0.243 e. The third kappa shape index (κ3) is 3.50. The van der Waals surface area contributed by atoms with E-state index in [9.17, 15) is 17.6 Å². The minimum Gasteiger partial charge on any atom is -0.324 e. The van der Waals surface area contributed by atoms with Gasteiger partial charge in [0.2, 0.25) is 15.9 Å². The molecular formula is C19H21FN2O3S. The second kappa shape index (κ2) is 7.17. The number of benzene rings is 2. The molecule has 0 bridgehead atoms. The Morgan fingerprint density at radius 2 is 1.73 bits per heavy atom. The Kier molecular flexibility index (Phi) is 5.11. The molecule has 3 rings (SSSR count). The van der Waals surface area contributed by atoms with E-state index in [0.29, 0.717) is 18.5 Å². The number of halogens is 1. The number of amides is 1. The molecule has 1 unspecified atom stereocenters. The third-order valence-corrected chi connectivity index (χ3v) is 6.58. The van der Waals surface area contributed by atoms with Crippen molar-refractivity contribution in [3.63, 3.8) is 0 Å². The van der Waals surface area contributed by atoms with E-state index in [-0.39, 0.29) is 17.3 Å². The van der Waals surface area contributed by atoms with Crippen LogP contribution in [-0.4, -0.2) is 31.2 Å². The van der Waals surface area contributed by atoms with Crippen molar-refractivity contribution in [2.24, 2.45) is 0 Å². The second-order valence-corrected chi connectivity index (χ2v) is 8.37. The van der Waals surface area contributed by atoms with Crippen LogP contribution in [0.15, 0.2) is 47.4 Å². The van der Waals surface area contributed by atoms with Crippen LogP contribution >= 0.6 is 0 Å². The van der Waals surface area contributed by atoms with Crippen molar-refractivity contribution < 1.29 is 17.6 Å². The van der Waals surface area contributed by atoms with E-state index in [1.807, 2.05) is 32.0 Å². The van der Waals surface area contributed by atoms with Crippen LogP contribution in [0.2, 0.25) is 0 Å². The van der Waals surface area contributed by atoms with E-state index in [4.69, 9.17) is 0 Å². The van der Waals surface area contributed by atoms with Crippen LogP contribution < -0.4 is 5.32 Å². The number of nitrogens with one attached hydrogen (secondary N) is 1. The highest BCUT2D eigenvalue weighted by Crippen LogP contribution is 2.28. The van der Waals surface area contributed by atoms with Gasteiger partial charge in [0.15, 0.2) is 0 Å². The minimum absolute atomic E-state index is 0.00864. The summed E-state index contributed by atoms with van der Waals surface area (Å²) in [5, 5.41) is 2.88. The highest BCUT2D eigenvalue weighted by atomic mass is 32.2. The lowest BCUT2D eigenvalue weighted by atomic mass is 10.1. The molecule has 0 radical (unpaired) electrons. The van der Waals surface area contributed by atoms with Crippen LogP contribution in [0.3, 0.4) is 0 Å². The Morgan fingerprint density at radius 3 is 2.35 bits per heavy atom. The number of carbonyl (C=O) groups is 1. The molecule has 1 heterocycles. The molecule has 1 atom stereocenters. The predicted molar refractivity (Wildman–Crippen MR) is 97.9 cm³/mol. The highest BCUT2D eigenvalue weighted by molar-refractivity contribution is 7.89. The van der Waals surface area contributed by atoms with Crippen LogP contribution in [0.1, 0.15) is 24.0 Å². The molecule has 2 aromatic rings. The summed E-state index contributed by atoms with van der Waals surface area (Å²) in [6.07, 6.45) is 1.06. The van der Waals surface area contributed by atoms with Crippen molar-refractivity contribution in [2.75, 3.05) is 11.9 Å². The van der Waals surface area contributed by atoms with Gasteiger partial charge in [-0.15, -0.1) is 0 Å². The van der Waals surface area contributed by atoms with E-state index >= 15 is 0 Å². The largest absolute Gasteiger partial charge is 0.324 e. The van der Waals surface area contributed by atoms with Gasteiger partial charge in [-0.2, -0.15) is 4.31 Å². The third-order valence-electron chi connectivity index (χ3n) is 4.66. The topological polar surface area (TPSA) is 66.5 Å². The molecule has 0 aliphatic carbocycles. The SMILES string of the molecule is Cc1cccc(C)c1NC(=O)C1CCCN1S(=O)(=O)c1ccc(F)cc1. The van der Waals surface area contributed by atoms with Crippen molar-refractivity contribution in [1.29, 1.82) is 0 Å². The van der Waals surface area contributed by atoms with E-state index in [2.05, 4.69) is 5.32 Å². The van der Waals surface area contributed by atoms with Crippen molar-refractivity contribution in [1.82, 2.24) is 4.31 Å². The molecule has 138 valence electrons. The standard InChI is InChI=1S/C19H21FN2O3S/c1-13-5-3-6-14(2)18(13)21-19(23)17-7-4-12-22(17)26(24,25)16-10-8-15(20)9-11-16/h3,5-6,8-11,17H,4,7,12H2,1-2H3,(H,21,23). The number of rotatable bonds is 4. The summed E-state index contributed by atoms with van der Waals surface area (Å²) in [5.41, 5.74) is 2.55. The van der Waals surface area contributed by atoms with Gasteiger partial charge in [-0.3, -0.25) is 4.79 Å². The summed E-state index contributed by atoms with van der Waals surface area (Å²) >= 11 is 0. The normalized spacial score (nSPS) is 18.0. The average Bonchev–Trinajstić information content (AvgIpc) is 3.09. The lowest BCUT2D eigenvalue weighted by Gasteiger charge is -2.24. The Hall–Kier alpha value is -2.25. The molecule has 1 saturated heterocycles. The zero-order valence-corrected chi connectivity index (χ0v) is 15.5. The van der Waals surface area contributed by atoms with E-state index in [0.717, 1.165) is 23.3 Å². The summed E-state index contributed by atoms with van der Waals surface area (Å²) < 4.78 is 40.1. The Balaban J connectivity index is 1.86. The van der Waals surface area contributed by atoms with Crippen molar-refractivity contribution in [3.8, 4) is 0 Å². The number of nitrogens with zero attached hydrogens (tertiary/aromatic N) is 1. The number of aryl methyl sites for hydroxylation is 2. The number of carbonyl (C=O) groups excluding carboxylic acids is 1. The maximum atomic E-state index is 13.1. The molecule has 0 saturated carbocycles. The molecule has 1 fully saturated rings. The van der Waals surface area contributed by atoms with Crippen molar-refractivity contribution in [2.45, 2.75) is 37.6 Å². The van der Waals surface area contributed by atoms with Gasteiger partial charge in [-0.25, -0.2) is 12.8 Å². The lowest BCUT2D eigenvalue weighted by Crippen LogP contribution is -2.43. The second-order valence-electron chi connectivity index (χ2n) is 6.48. The van der Waals surface area contributed by atoms with Gasteiger partial charge in [-0.05, 0) is 62.1 Å². The first-order valence-corrected chi connectivity index (χ1v) is 9.89. The average molecular weight is 376 g/mol. The summed E-state index contributed by atoms with van der Waals surface area (Å²) in [6.45, 7) is 4.05. The number of para-hydroxylation sites is 1. The van der Waals surface area contributed by atoms with Crippen molar-refractivity contribution in [3.05, 3.63) is 59.4 Å². The fraction of sp³-hybridized carbons (Fsp3) is 0.316. The van der Waals surface area contributed by atoms with Crippen molar-refractivity contribution >= 4 is 21.6 Å². The quantitative estimate of drug-likeness (QED) is 0.891. The van der Waals surface area contributed by atoms with Crippen LogP contribution in [-0.2, 0) is 14.8 Å². The van der Waals surface area contributed by atoms with Crippen LogP contribution in [0.4, 0.5) is 10.1 Å². The first-order chi connectivity index (χ1) is 12.3. The Labute approximate surface area is 152 Å². The zero-order chi connectivity index (χ0) is 18.9. The molecule has 0 spiro atoms. The monoisotopic (exact) mass is 376 g/mol. The molecule has 0 aromatic heterocycles. The smallest absolute Gasteiger partial charge is 0.243 e. The Bertz CT molecular complexity index is 906. The van der Waals surface area contributed by atoms with Crippen LogP contribution in [0, 0.1) is 19.7 Å². The van der Waals surface area contributed by atoms with Gasteiger partial charge in [0.05, 0.1) is 4.90 Å². The van der Waals surface area contributed by atoms with E-state index in [1.165, 1.54) is 16.4 Å². The molecule has 7 heteroatoms. The molecule has 1 aliphatic rings. The van der Waals surface area contributed by atoms with E-state index < -0.39 is 21.9 Å². The van der Waals surface area contributed by atoms with E-state index in [1.54, 1.807) is 0 Å². The molecule has 1 amide bonds. The summed E-state index contributed by atoms with van der Waals surface area (Å²) in [5.74, 6) is -0.847. The molecule has 1 aliphatic heterocycles. The number of hydrogen-bond acceptors (Lipinski definition) is 3. The van der Waals surface area contributed by atoms with Crippen LogP contribution in [0.25, 0.3) is 0 Å². The molecule has 1 N–H and O–H groups in total. The predicted octanol–water partition coefficient (Wildman–Crippen LogP) is 3.23. The summed E-state index contributed by atoms with van der Waals surface area (Å²) in [6, 6.07) is 9.58. The zero-order valence-electron chi connectivity index (χ0n) is 14.7. The summed E-state index contributed by atoms with van der Waals surface area (Å²) in [7, 11) is -3.86. The lowest BCUT2D eigenvalue weighted by molar-refractivity contribution is -0.119. The number of hydrogen-bond donors (Lipinski definition) is 1. The van der Waals surface area contributed by atoms with Gasteiger partial charge < -0.3 is 5.32 Å². The number of sulfonamides is 1. The van der Waals surface area contributed by atoms with Crippen LogP contribution in [0.5, 0.6) is 0 Å². The Morgan fingerprint density at radius 1 is 1.12 bits per heavy atom. The molecule has 26 heavy (non-hydrogen) atoms. The molecule has 2 aromatic carbocycles. The van der Waals surface area contributed by atoms with Gasteiger partial charge in [-0.1, -0.05) is 18.2 Å².